The number of anilines is 1. The lowest BCUT2D eigenvalue weighted by molar-refractivity contribution is -0.119. The lowest BCUT2D eigenvalue weighted by atomic mass is 10.1. The van der Waals surface area contributed by atoms with Crippen molar-refractivity contribution in [3.8, 4) is 0 Å². The number of amides is 1. The third kappa shape index (κ3) is 3.60. The van der Waals surface area contributed by atoms with E-state index in [1.165, 1.54) is 0 Å². The number of carbonyl (C=O) groups is 1. The van der Waals surface area contributed by atoms with Crippen molar-refractivity contribution in [2.45, 2.75) is 20.3 Å². The van der Waals surface area contributed by atoms with Crippen LogP contribution < -0.4 is 11.1 Å². The molecule has 1 aromatic carbocycles. The van der Waals surface area contributed by atoms with Gasteiger partial charge in [-0.3, -0.25) is 4.79 Å². The highest BCUT2D eigenvalue weighted by atomic mass is 35.5. The molecule has 1 aromatic rings. The fourth-order valence-electron chi connectivity index (χ4n) is 1.44. The van der Waals surface area contributed by atoms with Crippen molar-refractivity contribution in [1.29, 1.82) is 0 Å². The second-order valence-electron chi connectivity index (χ2n) is 3.91. The number of hydrogen-bond donors (Lipinski definition) is 2. The van der Waals surface area contributed by atoms with Gasteiger partial charge in [-0.1, -0.05) is 30.1 Å². The molecule has 17 heavy (non-hydrogen) atoms. The van der Waals surface area contributed by atoms with Gasteiger partial charge in [-0.2, -0.15) is 0 Å². The Kier molecular flexibility index (Phi) is 5.25. The van der Waals surface area contributed by atoms with Crippen molar-refractivity contribution in [1.82, 2.24) is 0 Å². The standard InChI is InChI=1S/C12H16Cl2N2O/c1-3-8(6-15)12(17)16-11-5-9(13)7(2)4-10(11)14/h4-5,8H,3,6,15H2,1-2H3,(H,16,17). The van der Waals surface area contributed by atoms with Gasteiger partial charge in [-0.05, 0) is 31.0 Å². The summed E-state index contributed by atoms with van der Waals surface area (Å²) < 4.78 is 0. The molecule has 3 N–H and O–H groups in total. The van der Waals surface area contributed by atoms with Crippen LogP contribution in [-0.4, -0.2) is 12.5 Å². The molecule has 0 radical (unpaired) electrons. The van der Waals surface area contributed by atoms with E-state index in [0.29, 0.717) is 28.7 Å². The van der Waals surface area contributed by atoms with Gasteiger partial charge < -0.3 is 11.1 Å². The minimum Gasteiger partial charge on any atom is -0.330 e. The minimum absolute atomic E-state index is 0.128. The van der Waals surface area contributed by atoms with Gasteiger partial charge >= 0.3 is 0 Å². The molecule has 94 valence electrons. The minimum atomic E-state index is -0.203. The zero-order chi connectivity index (χ0) is 13.0. The second-order valence-corrected chi connectivity index (χ2v) is 4.73. The molecule has 0 saturated carbocycles. The maximum absolute atomic E-state index is 11.8. The van der Waals surface area contributed by atoms with Crippen molar-refractivity contribution in [2.75, 3.05) is 11.9 Å². The molecule has 0 fully saturated rings. The van der Waals surface area contributed by atoms with Gasteiger partial charge in [0.1, 0.15) is 0 Å². The highest BCUT2D eigenvalue weighted by molar-refractivity contribution is 6.36. The van der Waals surface area contributed by atoms with Crippen LogP contribution >= 0.6 is 23.2 Å². The van der Waals surface area contributed by atoms with Crippen LogP contribution in [0.25, 0.3) is 0 Å². The molecule has 0 aliphatic heterocycles. The van der Waals surface area contributed by atoms with Gasteiger partial charge in [-0.25, -0.2) is 0 Å². The van der Waals surface area contributed by atoms with E-state index in [-0.39, 0.29) is 11.8 Å². The summed E-state index contributed by atoms with van der Waals surface area (Å²) in [4.78, 5) is 11.8. The summed E-state index contributed by atoms with van der Waals surface area (Å²) in [5.74, 6) is -0.331. The highest BCUT2D eigenvalue weighted by Gasteiger charge is 2.16. The zero-order valence-corrected chi connectivity index (χ0v) is 11.4. The molecule has 0 aliphatic rings. The summed E-state index contributed by atoms with van der Waals surface area (Å²) in [5.41, 5.74) is 6.91. The Labute approximate surface area is 111 Å². The largest absolute Gasteiger partial charge is 0.330 e. The lowest BCUT2D eigenvalue weighted by Crippen LogP contribution is -2.28. The van der Waals surface area contributed by atoms with Crippen molar-refractivity contribution in [3.05, 3.63) is 27.7 Å². The number of nitrogens with two attached hydrogens (primary N) is 1. The Morgan fingerprint density at radius 2 is 2.06 bits per heavy atom. The van der Waals surface area contributed by atoms with Gasteiger partial charge in [0.2, 0.25) is 5.91 Å². The van der Waals surface area contributed by atoms with Crippen LogP contribution in [0.5, 0.6) is 0 Å². The van der Waals surface area contributed by atoms with Crippen LogP contribution in [0.3, 0.4) is 0 Å². The molecule has 1 rings (SSSR count). The number of nitrogens with one attached hydrogen (secondary N) is 1. The van der Waals surface area contributed by atoms with Gasteiger partial charge in [0, 0.05) is 11.6 Å². The Hall–Kier alpha value is -0.770. The molecule has 0 aromatic heterocycles. The second kappa shape index (κ2) is 6.24. The molecule has 1 amide bonds. The molecular weight excluding hydrogens is 259 g/mol. The fraction of sp³-hybridized carbons (Fsp3) is 0.417. The summed E-state index contributed by atoms with van der Waals surface area (Å²) in [6, 6.07) is 3.38. The highest BCUT2D eigenvalue weighted by Crippen LogP contribution is 2.29. The fourth-order valence-corrected chi connectivity index (χ4v) is 1.87. The van der Waals surface area contributed by atoms with Gasteiger partial charge in [0.25, 0.3) is 0 Å². The van der Waals surface area contributed by atoms with E-state index < -0.39 is 0 Å². The summed E-state index contributed by atoms with van der Waals surface area (Å²) >= 11 is 12.0. The third-order valence-electron chi connectivity index (χ3n) is 2.65. The van der Waals surface area contributed by atoms with E-state index in [0.717, 1.165) is 5.56 Å². The van der Waals surface area contributed by atoms with E-state index in [9.17, 15) is 4.79 Å². The first kappa shape index (κ1) is 14.3. The topological polar surface area (TPSA) is 55.1 Å². The van der Waals surface area contributed by atoms with E-state index in [2.05, 4.69) is 5.32 Å². The number of benzene rings is 1. The number of aryl methyl sites for hydroxylation is 1. The van der Waals surface area contributed by atoms with Crippen molar-refractivity contribution in [2.24, 2.45) is 11.7 Å². The molecule has 0 bridgehead atoms. The van der Waals surface area contributed by atoms with Crippen LogP contribution in [0.4, 0.5) is 5.69 Å². The average molecular weight is 275 g/mol. The number of carbonyl (C=O) groups excluding carboxylic acids is 1. The van der Waals surface area contributed by atoms with Gasteiger partial charge in [0.15, 0.2) is 0 Å². The predicted molar refractivity (Wildman–Crippen MR) is 72.7 cm³/mol. The lowest BCUT2D eigenvalue weighted by Gasteiger charge is -2.14. The van der Waals surface area contributed by atoms with Crippen LogP contribution in [0.2, 0.25) is 10.0 Å². The first-order valence-corrected chi connectivity index (χ1v) is 6.21. The number of hydrogen-bond acceptors (Lipinski definition) is 2. The van der Waals surface area contributed by atoms with E-state index >= 15 is 0 Å². The van der Waals surface area contributed by atoms with Crippen molar-refractivity contribution < 1.29 is 4.79 Å². The zero-order valence-electron chi connectivity index (χ0n) is 9.89. The molecule has 3 nitrogen and oxygen atoms in total. The summed E-state index contributed by atoms with van der Waals surface area (Å²) in [5, 5.41) is 3.80. The molecule has 0 saturated heterocycles. The Morgan fingerprint density at radius 3 is 2.59 bits per heavy atom. The summed E-state index contributed by atoms with van der Waals surface area (Å²) in [7, 11) is 0. The maximum atomic E-state index is 11.8. The van der Waals surface area contributed by atoms with Crippen LogP contribution in [0, 0.1) is 12.8 Å². The SMILES string of the molecule is CCC(CN)C(=O)Nc1cc(Cl)c(C)cc1Cl. The van der Waals surface area contributed by atoms with Crippen LogP contribution in [0.15, 0.2) is 12.1 Å². The van der Waals surface area contributed by atoms with Crippen molar-refractivity contribution in [3.63, 3.8) is 0 Å². The van der Waals surface area contributed by atoms with Gasteiger partial charge in [0.05, 0.1) is 16.6 Å². The molecule has 0 spiro atoms. The van der Waals surface area contributed by atoms with Crippen molar-refractivity contribution >= 4 is 34.8 Å². The summed E-state index contributed by atoms with van der Waals surface area (Å²) in [6.45, 7) is 4.09. The van der Waals surface area contributed by atoms with Crippen LogP contribution in [-0.2, 0) is 4.79 Å². The number of rotatable bonds is 4. The van der Waals surface area contributed by atoms with Crippen LogP contribution in [0.1, 0.15) is 18.9 Å². The van der Waals surface area contributed by atoms with Gasteiger partial charge in [-0.15, -0.1) is 0 Å². The molecule has 5 heteroatoms. The Balaban J connectivity index is 2.88. The normalized spacial score (nSPS) is 12.3. The van der Waals surface area contributed by atoms with E-state index in [1.807, 2.05) is 13.8 Å². The molecule has 1 atom stereocenters. The molecule has 0 aliphatic carbocycles. The number of halogens is 2. The summed E-state index contributed by atoms with van der Waals surface area (Å²) in [6.07, 6.45) is 0.694. The average Bonchev–Trinajstić information content (AvgIpc) is 2.27. The van der Waals surface area contributed by atoms with E-state index in [4.69, 9.17) is 28.9 Å². The Morgan fingerprint density at radius 1 is 1.41 bits per heavy atom. The third-order valence-corrected chi connectivity index (χ3v) is 3.37. The molecular formula is C12H16Cl2N2O. The first-order chi connectivity index (χ1) is 7.99. The quantitative estimate of drug-likeness (QED) is 0.886. The monoisotopic (exact) mass is 274 g/mol. The van der Waals surface area contributed by atoms with E-state index in [1.54, 1.807) is 12.1 Å². The molecule has 1 unspecified atom stereocenters. The predicted octanol–water partition coefficient (Wildman–Crippen LogP) is 3.23. The smallest absolute Gasteiger partial charge is 0.228 e. The Bertz CT molecular complexity index is 417. The maximum Gasteiger partial charge on any atom is 0.228 e. The molecule has 0 heterocycles. The first-order valence-electron chi connectivity index (χ1n) is 5.46.